The highest BCUT2D eigenvalue weighted by Gasteiger charge is 2.35. The summed E-state index contributed by atoms with van der Waals surface area (Å²) < 4.78 is 34.9. The SMILES string of the molecule is Cc1ccccc1-c1cccc(OC(F)(F)c2ccc(Br)cc2)c1C. The normalized spacial score (nSPS) is 11.4. The molecule has 0 aromatic heterocycles. The topological polar surface area (TPSA) is 9.23 Å². The molecule has 3 aromatic rings. The molecule has 0 heterocycles. The first-order valence-corrected chi connectivity index (χ1v) is 8.66. The van der Waals surface area contributed by atoms with Gasteiger partial charge in [0, 0.05) is 4.47 Å². The number of alkyl halides is 2. The molecule has 25 heavy (non-hydrogen) atoms. The van der Waals surface area contributed by atoms with E-state index in [1.807, 2.05) is 37.3 Å². The second-order valence-corrected chi connectivity index (χ2v) is 6.79. The van der Waals surface area contributed by atoms with Gasteiger partial charge in [-0.1, -0.05) is 52.3 Å². The molecule has 1 nitrogen and oxygen atoms in total. The Kier molecular flexibility index (Phi) is 4.91. The average Bonchev–Trinajstić information content (AvgIpc) is 2.58. The van der Waals surface area contributed by atoms with Gasteiger partial charge in [-0.3, -0.25) is 0 Å². The summed E-state index contributed by atoms with van der Waals surface area (Å²) >= 11 is 3.25. The minimum absolute atomic E-state index is 0.175. The van der Waals surface area contributed by atoms with Crippen LogP contribution in [0.3, 0.4) is 0 Å². The fraction of sp³-hybridized carbons (Fsp3) is 0.143. The van der Waals surface area contributed by atoms with Crippen LogP contribution in [0.25, 0.3) is 11.1 Å². The van der Waals surface area contributed by atoms with E-state index in [0.29, 0.717) is 5.56 Å². The molecule has 0 saturated carbocycles. The lowest BCUT2D eigenvalue weighted by Gasteiger charge is -2.21. The molecule has 0 unspecified atom stereocenters. The molecule has 3 rings (SSSR count). The maximum Gasteiger partial charge on any atom is 0.426 e. The quantitative estimate of drug-likeness (QED) is 0.462. The van der Waals surface area contributed by atoms with Crippen LogP contribution in [0.15, 0.2) is 71.2 Å². The molecule has 0 aliphatic carbocycles. The van der Waals surface area contributed by atoms with E-state index >= 15 is 0 Å². The molecule has 0 aliphatic heterocycles. The predicted molar refractivity (Wildman–Crippen MR) is 100 cm³/mol. The summed E-state index contributed by atoms with van der Waals surface area (Å²) in [4.78, 5) is 0. The number of hydrogen-bond donors (Lipinski definition) is 0. The van der Waals surface area contributed by atoms with E-state index in [2.05, 4.69) is 15.9 Å². The van der Waals surface area contributed by atoms with E-state index in [4.69, 9.17) is 4.74 Å². The van der Waals surface area contributed by atoms with Crippen molar-refractivity contribution in [1.82, 2.24) is 0 Å². The Labute approximate surface area is 154 Å². The Morgan fingerprint density at radius 1 is 0.800 bits per heavy atom. The van der Waals surface area contributed by atoms with Crippen LogP contribution in [0.1, 0.15) is 16.7 Å². The zero-order valence-corrected chi connectivity index (χ0v) is 15.5. The van der Waals surface area contributed by atoms with E-state index in [1.165, 1.54) is 12.1 Å². The molecule has 0 aliphatic rings. The number of hydrogen-bond acceptors (Lipinski definition) is 1. The summed E-state index contributed by atoms with van der Waals surface area (Å²) in [5.74, 6) is 0.175. The minimum atomic E-state index is -3.41. The van der Waals surface area contributed by atoms with Gasteiger partial charge < -0.3 is 4.74 Å². The van der Waals surface area contributed by atoms with Gasteiger partial charge in [-0.25, -0.2) is 0 Å². The Bertz CT molecular complexity index is 889. The third-order valence-electron chi connectivity index (χ3n) is 4.14. The molecule has 0 radical (unpaired) electrons. The molecular weight excluding hydrogens is 386 g/mol. The van der Waals surface area contributed by atoms with Crippen molar-refractivity contribution >= 4 is 15.9 Å². The van der Waals surface area contributed by atoms with E-state index in [9.17, 15) is 8.78 Å². The monoisotopic (exact) mass is 402 g/mol. The standard InChI is InChI=1S/C21H17BrF2O/c1-14-6-3-4-7-18(14)19-8-5-9-20(15(19)2)25-21(23,24)16-10-12-17(22)13-11-16/h3-13H,1-2H3. The van der Waals surface area contributed by atoms with Crippen molar-refractivity contribution in [1.29, 1.82) is 0 Å². The van der Waals surface area contributed by atoms with Crippen LogP contribution >= 0.6 is 15.9 Å². The molecule has 0 fully saturated rings. The van der Waals surface area contributed by atoms with Crippen LogP contribution in [-0.2, 0) is 6.11 Å². The summed E-state index contributed by atoms with van der Waals surface area (Å²) in [5.41, 5.74) is 3.49. The first-order chi connectivity index (χ1) is 11.9. The minimum Gasteiger partial charge on any atom is -0.429 e. The van der Waals surface area contributed by atoms with Crippen molar-refractivity contribution in [2.24, 2.45) is 0 Å². The lowest BCUT2D eigenvalue weighted by Crippen LogP contribution is -2.22. The highest BCUT2D eigenvalue weighted by atomic mass is 79.9. The molecule has 4 heteroatoms. The molecule has 0 N–H and O–H groups in total. The van der Waals surface area contributed by atoms with Gasteiger partial charge in [-0.05, 0) is 66.4 Å². The van der Waals surface area contributed by atoms with Gasteiger partial charge in [0.15, 0.2) is 0 Å². The van der Waals surface area contributed by atoms with E-state index in [0.717, 1.165) is 21.2 Å². The van der Waals surface area contributed by atoms with E-state index < -0.39 is 6.11 Å². The lowest BCUT2D eigenvalue weighted by atomic mass is 9.96. The molecule has 0 saturated heterocycles. The first kappa shape index (κ1) is 17.6. The Morgan fingerprint density at radius 2 is 1.44 bits per heavy atom. The molecule has 0 spiro atoms. The van der Waals surface area contributed by atoms with Gasteiger partial charge in [0.05, 0.1) is 5.56 Å². The van der Waals surface area contributed by atoms with Crippen molar-refractivity contribution in [3.63, 3.8) is 0 Å². The van der Waals surface area contributed by atoms with Gasteiger partial charge >= 0.3 is 6.11 Å². The number of ether oxygens (including phenoxy) is 1. The molecular formula is C21H17BrF2O. The maximum absolute atomic E-state index is 14.5. The van der Waals surface area contributed by atoms with Crippen LogP contribution < -0.4 is 4.74 Å². The largest absolute Gasteiger partial charge is 0.429 e. The van der Waals surface area contributed by atoms with Gasteiger partial charge in [0.1, 0.15) is 5.75 Å². The summed E-state index contributed by atoms with van der Waals surface area (Å²) in [6.07, 6.45) is -3.41. The van der Waals surface area contributed by atoms with Crippen LogP contribution in [0.4, 0.5) is 8.78 Å². The zero-order valence-electron chi connectivity index (χ0n) is 13.9. The summed E-state index contributed by atoms with van der Waals surface area (Å²) in [5, 5.41) is 0. The third-order valence-corrected chi connectivity index (χ3v) is 4.67. The molecule has 0 bridgehead atoms. The summed E-state index contributed by atoms with van der Waals surface area (Å²) in [6, 6.07) is 18.9. The van der Waals surface area contributed by atoms with E-state index in [-0.39, 0.29) is 11.3 Å². The Morgan fingerprint density at radius 3 is 2.12 bits per heavy atom. The maximum atomic E-state index is 14.5. The van der Waals surface area contributed by atoms with Gasteiger partial charge in [-0.15, -0.1) is 0 Å². The average molecular weight is 403 g/mol. The molecule has 0 atom stereocenters. The smallest absolute Gasteiger partial charge is 0.426 e. The van der Waals surface area contributed by atoms with Crippen molar-refractivity contribution in [3.05, 3.63) is 87.9 Å². The molecule has 0 amide bonds. The Balaban J connectivity index is 1.97. The fourth-order valence-corrected chi connectivity index (χ4v) is 3.00. The van der Waals surface area contributed by atoms with Gasteiger partial charge in [0.25, 0.3) is 0 Å². The number of aryl methyl sites for hydroxylation is 1. The second kappa shape index (κ2) is 6.96. The highest BCUT2D eigenvalue weighted by molar-refractivity contribution is 9.10. The summed E-state index contributed by atoms with van der Waals surface area (Å²) in [7, 11) is 0. The fourth-order valence-electron chi connectivity index (χ4n) is 2.73. The predicted octanol–water partition coefficient (Wildman–Crippen LogP) is 6.86. The lowest BCUT2D eigenvalue weighted by molar-refractivity contribution is -0.185. The van der Waals surface area contributed by atoms with Crippen LogP contribution in [-0.4, -0.2) is 0 Å². The number of rotatable bonds is 4. The van der Waals surface area contributed by atoms with Crippen LogP contribution in [0, 0.1) is 13.8 Å². The number of halogens is 3. The van der Waals surface area contributed by atoms with Crippen molar-refractivity contribution in [2.75, 3.05) is 0 Å². The van der Waals surface area contributed by atoms with Crippen molar-refractivity contribution < 1.29 is 13.5 Å². The van der Waals surface area contributed by atoms with Crippen LogP contribution in [0.2, 0.25) is 0 Å². The molecule has 3 aromatic carbocycles. The summed E-state index contributed by atoms with van der Waals surface area (Å²) in [6.45, 7) is 3.80. The Hall–Kier alpha value is -2.20. The number of benzene rings is 3. The van der Waals surface area contributed by atoms with Crippen molar-refractivity contribution in [3.8, 4) is 16.9 Å². The third kappa shape index (κ3) is 3.74. The van der Waals surface area contributed by atoms with Gasteiger partial charge in [-0.2, -0.15) is 8.78 Å². The first-order valence-electron chi connectivity index (χ1n) is 7.87. The van der Waals surface area contributed by atoms with E-state index in [1.54, 1.807) is 31.2 Å². The second-order valence-electron chi connectivity index (χ2n) is 5.87. The molecule has 128 valence electrons. The van der Waals surface area contributed by atoms with Crippen molar-refractivity contribution in [2.45, 2.75) is 20.0 Å². The van der Waals surface area contributed by atoms with Crippen LogP contribution in [0.5, 0.6) is 5.75 Å². The zero-order chi connectivity index (χ0) is 18.0. The highest BCUT2D eigenvalue weighted by Crippen LogP contribution is 2.37. The van der Waals surface area contributed by atoms with Gasteiger partial charge in [0.2, 0.25) is 0 Å².